The Kier molecular flexibility index (Phi) is 4.99. The molecule has 4 nitrogen and oxygen atoms in total. The average Bonchev–Trinajstić information content (AvgIpc) is 3.00. The summed E-state index contributed by atoms with van der Waals surface area (Å²) in [5.41, 5.74) is 0.767. The van der Waals surface area contributed by atoms with Gasteiger partial charge >= 0.3 is 0 Å². The molecule has 0 bridgehead atoms. The highest BCUT2D eigenvalue weighted by Gasteiger charge is 2.37. The summed E-state index contributed by atoms with van der Waals surface area (Å²) in [4.78, 5) is 4.11. The number of imidazole rings is 1. The molecule has 0 fully saturated rings. The molecule has 4 heteroatoms. The molecule has 0 radical (unpaired) electrons. The normalized spacial score (nSPS) is 15.8. The molecule has 1 N–H and O–H groups in total. The fraction of sp³-hybridized carbons (Fsp3) is 0.444. The van der Waals surface area contributed by atoms with Crippen molar-refractivity contribution in [1.82, 2.24) is 9.55 Å². The van der Waals surface area contributed by atoms with E-state index in [-0.39, 0.29) is 17.4 Å². The van der Waals surface area contributed by atoms with Crippen molar-refractivity contribution in [3.63, 3.8) is 0 Å². The maximum absolute atomic E-state index is 10.9. The minimum atomic E-state index is -0.597. The summed E-state index contributed by atoms with van der Waals surface area (Å²) in [6.07, 6.45) is 5.02. The molecule has 1 heterocycles. The van der Waals surface area contributed by atoms with E-state index in [2.05, 4.69) is 11.1 Å². The average molecular weight is 297 g/mol. The zero-order valence-electron chi connectivity index (χ0n) is 13.3. The minimum Gasteiger partial charge on any atom is -0.390 e. The maximum atomic E-state index is 10.9. The number of rotatable bonds is 5. The summed E-state index contributed by atoms with van der Waals surface area (Å²) in [6, 6.07) is 12.0. The second kappa shape index (κ2) is 6.76. The van der Waals surface area contributed by atoms with Gasteiger partial charge in [0.05, 0.1) is 24.5 Å². The third-order valence-corrected chi connectivity index (χ3v) is 4.03. The van der Waals surface area contributed by atoms with Crippen molar-refractivity contribution in [3.05, 3.63) is 54.6 Å². The van der Waals surface area contributed by atoms with Crippen LogP contribution in [0.4, 0.5) is 0 Å². The lowest BCUT2D eigenvalue weighted by atomic mass is 9.76. The number of nitrogens with zero attached hydrogens (tertiary/aromatic N) is 3. The number of aliphatic hydroxyl groups excluding tert-OH is 1. The van der Waals surface area contributed by atoms with E-state index in [1.165, 1.54) is 0 Å². The van der Waals surface area contributed by atoms with Gasteiger partial charge in [-0.1, -0.05) is 51.1 Å². The van der Waals surface area contributed by atoms with Crippen LogP contribution < -0.4 is 0 Å². The van der Waals surface area contributed by atoms with Crippen molar-refractivity contribution in [2.45, 2.75) is 45.3 Å². The van der Waals surface area contributed by atoms with E-state index in [1.807, 2.05) is 61.9 Å². The van der Waals surface area contributed by atoms with Gasteiger partial charge in [0.15, 0.2) is 0 Å². The monoisotopic (exact) mass is 297 g/mol. The van der Waals surface area contributed by atoms with Crippen molar-refractivity contribution < 1.29 is 5.11 Å². The molecule has 1 aromatic carbocycles. The van der Waals surface area contributed by atoms with Crippen LogP contribution in [0, 0.1) is 16.7 Å². The van der Waals surface area contributed by atoms with Crippen LogP contribution in [0.3, 0.4) is 0 Å². The van der Waals surface area contributed by atoms with Crippen LogP contribution in [0.2, 0.25) is 0 Å². The Hall–Kier alpha value is -2.12. The van der Waals surface area contributed by atoms with Gasteiger partial charge in [-0.3, -0.25) is 0 Å². The van der Waals surface area contributed by atoms with Crippen molar-refractivity contribution >= 4 is 0 Å². The lowest BCUT2D eigenvalue weighted by molar-refractivity contribution is 0.00695. The Morgan fingerprint density at radius 3 is 2.45 bits per heavy atom. The van der Waals surface area contributed by atoms with E-state index < -0.39 is 6.10 Å². The topological polar surface area (TPSA) is 61.8 Å². The van der Waals surface area contributed by atoms with Gasteiger partial charge in [-0.2, -0.15) is 5.26 Å². The van der Waals surface area contributed by atoms with Crippen molar-refractivity contribution in [2.75, 3.05) is 0 Å². The van der Waals surface area contributed by atoms with Gasteiger partial charge in [-0.05, 0) is 11.0 Å². The fourth-order valence-corrected chi connectivity index (χ4v) is 2.78. The summed E-state index contributed by atoms with van der Waals surface area (Å²) < 4.78 is 1.92. The first-order valence-corrected chi connectivity index (χ1v) is 7.52. The second-order valence-electron chi connectivity index (χ2n) is 6.69. The standard InChI is InChI=1S/C18H23N3O/c1-18(2,3)17(22)16(21-12-11-20-13-21)15(9-10-19)14-7-5-4-6-8-14/h4-8,11-13,15-17,22H,9H2,1-3H3. The van der Waals surface area contributed by atoms with Gasteiger partial charge in [0.25, 0.3) is 0 Å². The Morgan fingerprint density at radius 1 is 1.27 bits per heavy atom. The van der Waals surface area contributed by atoms with Gasteiger partial charge in [0.2, 0.25) is 0 Å². The molecule has 0 saturated carbocycles. The Morgan fingerprint density at radius 2 is 1.95 bits per heavy atom. The molecule has 0 aliphatic rings. The Balaban J connectivity index is 2.48. The minimum absolute atomic E-state index is 0.0883. The number of hydrogen-bond acceptors (Lipinski definition) is 3. The summed E-state index contributed by atoms with van der Waals surface area (Å²) >= 11 is 0. The van der Waals surface area contributed by atoms with E-state index in [0.29, 0.717) is 6.42 Å². The predicted octanol–water partition coefficient (Wildman–Crippen LogP) is 3.53. The van der Waals surface area contributed by atoms with Gasteiger partial charge in [0.1, 0.15) is 0 Å². The molecule has 22 heavy (non-hydrogen) atoms. The largest absolute Gasteiger partial charge is 0.390 e. The molecule has 0 amide bonds. The molecular weight excluding hydrogens is 274 g/mol. The molecule has 2 rings (SSSR count). The smallest absolute Gasteiger partial charge is 0.0949 e. The van der Waals surface area contributed by atoms with Crippen molar-refractivity contribution in [1.29, 1.82) is 5.26 Å². The van der Waals surface area contributed by atoms with Crippen LogP contribution in [0.15, 0.2) is 49.1 Å². The molecule has 0 aliphatic heterocycles. The lowest BCUT2D eigenvalue weighted by Gasteiger charge is -2.38. The van der Waals surface area contributed by atoms with Crippen LogP contribution in [0.1, 0.15) is 44.7 Å². The zero-order valence-corrected chi connectivity index (χ0v) is 13.3. The first-order valence-electron chi connectivity index (χ1n) is 7.52. The molecule has 116 valence electrons. The van der Waals surface area contributed by atoms with Gasteiger partial charge < -0.3 is 9.67 Å². The molecule has 3 unspecified atom stereocenters. The first-order chi connectivity index (χ1) is 10.4. The summed E-state index contributed by atoms with van der Waals surface area (Å²) in [7, 11) is 0. The van der Waals surface area contributed by atoms with Gasteiger partial charge in [0, 0.05) is 24.7 Å². The van der Waals surface area contributed by atoms with E-state index >= 15 is 0 Å². The highest BCUT2D eigenvalue weighted by molar-refractivity contribution is 5.23. The first kappa shape index (κ1) is 16.3. The summed E-state index contributed by atoms with van der Waals surface area (Å²) in [5, 5.41) is 20.2. The molecule has 1 aromatic heterocycles. The number of nitriles is 1. The zero-order chi connectivity index (χ0) is 16.2. The van der Waals surface area contributed by atoms with Crippen molar-refractivity contribution in [2.24, 2.45) is 5.41 Å². The van der Waals surface area contributed by atoms with Crippen LogP contribution in [-0.2, 0) is 0 Å². The third kappa shape index (κ3) is 3.55. The number of benzene rings is 1. The van der Waals surface area contributed by atoms with Crippen LogP contribution >= 0.6 is 0 Å². The van der Waals surface area contributed by atoms with E-state index in [1.54, 1.807) is 12.5 Å². The number of aromatic nitrogens is 2. The predicted molar refractivity (Wildman–Crippen MR) is 86.1 cm³/mol. The molecule has 0 spiro atoms. The molecular formula is C18H23N3O. The third-order valence-electron chi connectivity index (χ3n) is 4.03. The van der Waals surface area contributed by atoms with Crippen molar-refractivity contribution in [3.8, 4) is 6.07 Å². The Labute approximate surface area is 132 Å². The molecule has 0 aliphatic carbocycles. The summed E-state index contributed by atoms with van der Waals surface area (Å²) in [5.74, 6) is -0.0883. The van der Waals surface area contributed by atoms with Crippen LogP contribution in [-0.4, -0.2) is 20.8 Å². The van der Waals surface area contributed by atoms with E-state index in [0.717, 1.165) is 5.56 Å². The molecule has 3 atom stereocenters. The molecule has 2 aromatic rings. The lowest BCUT2D eigenvalue weighted by Crippen LogP contribution is -2.38. The Bertz CT molecular complexity index is 608. The van der Waals surface area contributed by atoms with E-state index in [9.17, 15) is 10.4 Å². The van der Waals surface area contributed by atoms with Gasteiger partial charge in [-0.15, -0.1) is 0 Å². The van der Waals surface area contributed by atoms with Crippen LogP contribution in [0.25, 0.3) is 0 Å². The fourth-order valence-electron chi connectivity index (χ4n) is 2.78. The highest BCUT2D eigenvalue weighted by atomic mass is 16.3. The van der Waals surface area contributed by atoms with Crippen LogP contribution in [0.5, 0.6) is 0 Å². The quantitative estimate of drug-likeness (QED) is 0.918. The number of hydrogen-bond donors (Lipinski definition) is 1. The van der Waals surface area contributed by atoms with E-state index in [4.69, 9.17) is 0 Å². The number of aliphatic hydroxyl groups is 1. The SMILES string of the molecule is CC(C)(C)C(O)C(C(CC#N)c1ccccc1)n1ccnc1. The van der Waals surface area contributed by atoms with Gasteiger partial charge in [-0.25, -0.2) is 4.98 Å². The summed E-state index contributed by atoms with van der Waals surface area (Å²) in [6.45, 7) is 6.03. The maximum Gasteiger partial charge on any atom is 0.0949 e. The second-order valence-corrected chi connectivity index (χ2v) is 6.69. The molecule has 0 saturated heterocycles. The highest BCUT2D eigenvalue weighted by Crippen LogP contribution is 2.39.